The molecule has 4 N–H and O–H groups in total. The molecule has 0 spiro atoms. The Labute approximate surface area is 297 Å². The Kier molecular flexibility index (Phi) is 32.6. The number of carbonyl (C=O) groups excluding carboxylic acids is 2. The van der Waals surface area contributed by atoms with Gasteiger partial charge in [-0.15, -0.1) is 0 Å². The number of amides is 1. The van der Waals surface area contributed by atoms with E-state index >= 15 is 0 Å². The molecule has 0 rings (SSSR count). The highest BCUT2D eigenvalue weighted by molar-refractivity contribution is 7.47. The van der Waals surface area contributed by atoms with Crippen LogP contribution in [-0.2, 0) is 32.7 Å². The van der Waals surface area contributed by atoms with Crippen LogP contribution in [-0.4, -0.2) is 64.9 Å². The largest absolute Gasteiger partial charge is 0.480 e. The van der Waals surface area contributed by atoms with Gasteiger partial charge >= 0.3 is 19.8 Å². The Morgan fingerprint density at radius 1 is 0.571 bits per heavy atom. The number of rotatable bonds is 37. The van der Waals surface area contributed by atoms with Crippen molar-refractivity contribution in [2.45, 2.75) is 199 Å². The van der Waals surface area contributed by atoms with Crippen LogP contribution >= 0.6 is 7.82 Å². The van der Waals surface area contributed by atoms with Gasteiger partial charge in [0.2, 0.25) is 5.91 Å². The molecule has 0 heterocycles. The molecule has 49 heavy (non-hydrogen) atoms. The Hall–Kier alpha value is -1.52. The monoisotopic (exact) mass is 721 g/mol. The normalized spacial score (nSPS) is 13.9. The van der Waals surface area contributed by atoms with Crippen LogP contribution in [0.15, 0.2) is 0 Å². The number of carbonyl (C=O) groups is 3. The predicted octanol–water partition coefficient (Wildman–Crippen LogP) is 9.17. The number of carboxylic acid groups (broad SMARTS) is 1. The van der Waals surface area contributed by atoms with Gasteiger partial charge < -0.3 is 25.2 Å². The molecular formula is C37H72NO10P. The lowest BCUT2D eigenvalue weighted by Crippen LogP contribution is -2.43. The highest BCUT2D eigenvalue weighted by Gasteiger charge is 2.28. The molecule has 3 atom stereocenters. The number of aliphatic hydroxyl groups is 1. The fourth-order valence-corrected chi connectivity index (χ4v) is 6.32. The highest BCUT2D eigenvalue weighted by atomic mass is 31.2. The molecule has 12 heteroatoms. The average Bonchev–Trinajstić information content (AvgIpc) is 3.07. The number of phosphoric ester groups is 1. The third-order valence-corrected chi connectivity index (χ3v) is 9.60. The smallest absolute Gasteiger partial charge is 0.472 e. The van der Waals surface area contributed by atoms with E-state index in [1.165, 1.54) is 103 Å². The second-order valence-corrected chi connectivity index (χ2v) is 14.9. The molecule has 0 aromatic rings. The molecule has 0 saturated carbocycles. The van der Waals surface area contributed by atoms with E-state index in [4.69, 9.17) is 13.8 Å². The van der Waals surface area contributed by atoms with Crippen LogP contribution in [0, 0.1) is 0 Å². The number of phosphoric acid groups is 1. The summed E-state index contributed by atoms with van der Waals surface area (Å²) >= 11 is 0. The van der Waals surface area contributed by atoms with Gasteiger partial charge in [0.1, 0.15) is 12.7 Å². The topological polar surface area (TPSA) is 169 Å². The van der Waals surface area contributed by atoms with E-state index in [9.17, 15) is 34.1 Å². The maximum atomic E-state index is 12.3. The Morgan fingerprint density at radius 3 is 1.35 bits per heavy atom. The molecule has 0 aromatic heterocycles. The van der Waals surface area contributed by atoms with Gasteiger partial charge in [-0.05, 0) is 12.8 Å². The Morgan fingerprint density at radius 2 is 0.939 bits per heavy atom. The van der Waals surface area contributed by atoms with E-state index in [0.29, 0.717) is 12.8 Å². The molecule has 0 aliphatic rings. The van der Waals surface area contributed by atoms with E-state index in [0.717, 1.165) is 44.9 Å². The summed E-state index contributed by atoms with van der Waals surface area (Å²) in [5.41, 5.74) is 0. The van der Waals surface area contributed by atoms with Crippen LogP contribution in [0.2, 0.25) is 0 Å². The standard InChI is InChI=1S/C37H72NO10P/c1-3-5-7-9-11-12-13-14-15-16-17-18-19-20-21-22-23-24-26-28-35(40)38-34(37(42)43)32-48-49(44,45)47-31-33(39)30-46-36(41)29-27-25-10-8-6-4-2/h33-34,39H,3-32H2,1-2H3,(H,38,40)(H,42,43)(H,44,45). The maximum Gasteiger partial charge on any atom is 0.472 e. The van der Waals surface area contributed by atoms with E-state index in [1.54, 1.807) is 0 Å². The Bertz CT molecular complexity index is 859. The van der Waals surface area contributed by atoms with E-state index in [-0.39, 0.29) is 12.8 Å². The molecule has 0 radical (unpaired) electrons. The van der Waals surface area contributed by atoms with Crippen molar-refractivity contribution in [3.05, 3.63) is 0 Å². The second-order valence-electron chi connectivity index (χ2n) is 13.5. The van der Waals surface area contributed by atoms with Crippen molar-refractivity contribution in [2.75, 3.05) is 19.8 Å². The number of ether oxygens (including phenoxy) is 1. The van der Waals surface area contributed by atoms with Gasteiger partial charge in [0.15, 0.2) is 6.04 Å². The molecule has 1 amide bonds. The first-order valence-corrected chi connectivity index (χ1v) is 21.1. The zero-order chi connectivity index (χ0) is 36.4. The first-order valence-electron chi connectivity index (χ1n) is 19.6. The molecule has 290 valence electrons. The third-order valence-electron chi connectivity index (χ3n) is 8.65. The van der Waals surface area contributed by atoms with Crippen LogP contribution in [0.1, 0.15) is 187 Å². The lowest BCUT2D eigenvalue weighted by atomic mass is 10.0. The van der Waals surface area contributed by atoms with Crippen molar-refractivity contribution in [1.82, 2.24) is 5.32 Å². The molecule has 3 unspecified atom stereocenters. The minimum atomic E-state index is -4.73. The van der Waals surface area contributed by atoms with Crippen molar-refractivity contribution in [1.29, 1.82) is 0 Å². The molecule has 0 aromatic carbocycles. The van der Waals surface area contributed by atoms with Crippen LogP contribution < -0.4 is 5.32 Å². The highest BCUT2D eigenvalue weighted by Crippen LogP contribution is 2.43. The van der Waals surface area contributed by atoms with Crippen LogP contribution in [0.3, 0.4) is 0 Å². The summed E-state index contributed by atoms with van der Waals surface area (Å²) in [5, 5.41) is 21.7. The lowest BCUT2D eigenvalue weighted by molar-refractivity contribution is -0.147. The first kappa shape index (κ1) is 47.5. The zero-order valence-electron chi connectivity index (χ0n) is 31.0. The van der Waals surface area contributed by atoms with Crippen molar-refractivity contribution >= 4 is 25.7 Å². The van der Waals surface area contributed by atoms with Crippen LogP contribution in [0.4, 0.5) is 0 Å². The maximum absolute atomic E-state index is 12.3. The number of hydrogen-bond donors (Lipinski definition) is 4. The molecule has 0 fully saturated rings. The number of carboxylic acids is 1. The van der Waals surface area contributed by atoms with Gasteiger partial charge in [-0.2, -0.15) is 0 Å². The summed E-state index contributed by atoms with van der Waals surface area (Å²) in [6.07, 6.45) is 28.9. The van der Waals surface area contributed by atoms with Gasteiger partial charge in [-0.25, -0.2) is 9.36 Å². The quantitative estimate of drug-likeness (QED) is 0.0276. The fourth-order valence-electron chi connectivity index (χ4n) is 5.55. The van der Waals surface area contributed by atoms with Crippen molar-refractivity contribution in [3.63, 3.8) is 0 Å². The van der Waals surface area contributed by atoms with E-state index in [1.807, 2.05) is 0 Å². The Balaban J connectivity index is 3.86. The summed E-state index contributed by atoms with van der Waals surface area (Å²) in [7, 11) is -4.73. The first-order chi connectivity index (χ1) is 23.6. The summed E-state index contributed by atoms with van der Waals surface area (Å²) in [4.78, 5) is 45.5. The molecule has 11 nitrogen and oxygen atoms in total. The number of aliphatic hydroxyl groups excluding tert-OH is 1. The molecular weight excluding hydrogens is 649 g/mol. The fraction of sp³-hybridized carbons (Fsp3) is 0.919. The van der Waals surface area contributed by atoms with Crippen LogP contribution in [0.25, 0.3) is 0 Å². The molecule has 0 saturated heterocycles. The van der Waals surface area contributed by atoms with Crippen molar-refractivity contribution in [2.24, 2.45) is 0 Å². The summed E-state index contributed by atoms with van der Waals surface area (Å²) < 4.78 is 26.6. The van der Waals surface area contributed by atoms with Gasteiger partial charge in [0, 0.05) is 12.8 Å². The summed E-state index contributed by atoms with van der Waals surface area (Å²) in [6, 6.07) is -1.54. The number of unbranched alkanes of at least 4 members (excludes halogenated alkanes) is 23. The number of esters is 1. The zero-order valence-corrected chi connectivity index (χ0v) is 31.9. The van der Waals surface area contributed by atoms with Crippen molar-refractivity contribution < 1.29 is 47.8 Å². The van der Waals surface area contributed by atoms with Gasteiger partial charge in [-0.3, -0.25) is 18.6 Å². The number of hydrogen-bond acceptors (Lipinski definition) is 8. The average molecular weight is 722 g/mol. The molecule has 0 bridgehead atoms. The van der Waals surface area contributed by atoms with Gasteiger partial charge in [-0.1, -0.05) is 162 Å². The predicted molar refractivity (Wildman–Crippen MR) is 194 cm³/mol. The lowest BCUT2D eigenvalue weighted by Gasteiger charge is -2.18. The minimum Gasteiger partial charge on any atom is -0.480 e. The van der Waals surface area contributed by atoms with E-state index < -0.39 is 57.6 Å². The number of nitrogens with one attached hydrogen (secondary N) is 1. The van der Waals surface area contributed by atoms with E-state index in [2.05, 4.69) is 19.2 Å². The van der Waals surface area contributed by atoms with Crippen molar-refractivity contribution in [3.8, 4) is 0 Å². The second kappa shape index (κ2) is 33.6. The third kappa shape index (κ3) is 33.4. The SMILES string of the molecule is CCCCCCCCCCCCCCCCCCCCCC(=O)NC(COP(=O)(O)OCC(O)COC(=O)CCCCCCCC)C(=O)O. The molecule has 0 aliphatic heterocycles. The minimum absolute atomic E-state index is 0.152. The number of aliphatic carboxylic acids is 1. The summed E-state index contributed by atoms with van der Waals surface area (Å²) in [5.74, 6) is -2.37. The van der Waals surface area contributed by atoms with Gasteiger partial charge in [0.25, 0.3) is 0 Å². The van der Waals surface area contributed by atoms with Gasteiger partial charge in [0.05, 0.1) is 13.2 Å². The molecule has 0 aliphatic carbocycles. The van der Waals surface area contributed by atoms with Crippen LogP contribution in [0.5, 0.6) is 0 Å². The summed E-state index contributed by atoms with van der Waals surface area (Å²) in [6.45, 7) is 2.52.